The summed E-state index contributed by atoms with van der Waals surface area (Å²) in [7, 11) is 0. The maximum Gasteiger partial charge on any atom is 0.0636 e. The lowest BCUT2D eigenvalue weighted by molar-refractivity contribution is 1.67. The van der Waals surface area contributed by atoms with Crippen molar-refractivity contribution >= 4 is 64.6 Å². The second-order valence-corrected chi connectivity index (χ2v) is 10.5. The second kappa shape index (κ2) is 10.7. The van der Waals surface area contributed by atoms with Gasteiger partial charge < -0.3 is 0 Å². The van der Waals surface area contributed by atoms with Crippen LogP contribution in [0.1, 0.15) is 41.1 Å². The van der Waals surface area contributed by atoms with Crippen LogP contribution in [0.25, 0.3) is 98.0 Å². The number of benzene rings is 10. The Balaban J connectivity index is 1.68. The van der Waals surface area contributed by atoms with Crippen molar-refractivity contribution in [3.05, 3.63) is 181 Å². The predicted molar refractivity (Wildman–Crippen MR) is 208 cm³/mol. The minimum Gasteiger partial charge on any atom is -0.0616 e. The molecular formula is C48H30. The molecule has 48 heavy (non-hydrogen) atoms. The van der Waals surface area contributed by atoms with E-state index in [9.17, 15) is 15.1 Å². The molecule has 0 aliphatic heterocycles. The van der Waals surface area contributed by atoms with Crippen molar-refractivity contribution in [1.29, 1.82) is 0 Å². The van der Waals surface area contributed by atoms with Gasteiger partial charge in [-0.3, -0.25) is 0 Å². The molecule has 222 valence electrons. The number of hydrogen-bond acceptors (Lipinski definition) is 0. The molecule has 10 rings (SSSR count). The van der Waals surface area contributed by atoms with E-state index in [1.807, 2.05) is 0 Å². The summed E-state index contributed by atoms with van der Waals surface area (Å²) in [6.07, 6.45) is 0. The molecule has 0 bridgehead atoms. The van der Waals surface area contributed by atoms with Crippen molar-refractivity contribution in [1.82, 2.24) is 0 Å². The molecule has 0 heterocycles. The van der Waals surface area contributed by atoms with Crippen LogP contribution < -0.4 is 0 Å². The molecule has 0 fully saturated rings. The van der Waals surface area contributed by atoms with E-state index in [1.54, 1.807) is 0 Å². The average molecular weight is 637 g/mol. The summed E-state index contributed by atoms with van der Waals surface area (Å²) >= 11 is 0. The summed E-state index contributed by atoms with van der Waals surface area (Å²) in [6.45, 7) is 0. The fourth-order valence-corrected chi connectivity index (χ4v) is 6.00. The first-order valence-corrected chi connectivity index (χ1v) is 14.2. The van der Waals surface area contributed by atoms with Crippen LogP contribution in [-0.2, 0) is 0 Å². The minimum atomic E-state index is -1.18. The molecule has 10 aromatic rings. The van der Waals surface area contributed by atoms with Crippen LogP contribution in [0.3, 0.4) is 0 Å². The van der Waals surface area contributed by atoms with Gasteiger partial charge in [0.2, 0.25) is 0 Å². The monoisotopic (exact) mass is 636 g/mol. The van der Waals surface area contributed by atoms with Crippen molar-refractivity contribution < 1.29 is 41.1 Å². The Labute approximate surface area is 321 Å². The van der Waals surface area contributed by atoms with Crippen molar-refractivity contribution in [3.8, 4) is 33.4 Å². The molecule has 0 nitrogen and oxygen atoms in total. The van der Waals surface area contributed by atoms with E-state index in [-0.39, 0.29) is 0 Å². The maximum atomic E-state index is 10.4. The number of fused-ring (bicyclic) bond motifs is 7. The standard InChI is InChI=1S/C48H30/c1-4-18-35-31(13-1)16-11-25-37(35)34-27-28-44-46(30-34)47(41-26-12-17-32-14-2-5-19-36(32)41)42-23-9-10-24-43(42)48(44)45-29-33-15-3-6-20-38(33)39-21-7-8-22-40(39)45/h1-30H/i1D,2D,3D,4D,5D,6D,7D,8D,9D,10D,11D,12D,13D,14D,15D,16D,17D,18D,19D,20D,21D,22D,23D,24D,25D,26D,27D,28D,29D,30D. The molecule has 0 spiro atoms. The Morgan fingerprint density at radius 3 is 1.40 bits per heavy atom. The normalized spacial score (nSPS) is 20.5. The zero-order valence-corrected chi connectivity index (χ0v) is 24.0. The van der Waals surface area contributed by atoms with Crippen molar-refractivity contribution in [2.45, 2.75) is 0 Å². The Bertz CT molecular complexity index is 4580. The number of rotatable bonds is 3. The van der Waals surface area contributed by atoms with E-state index < -0.39 is 279 Å². The molecule has 0 N–H and O–H groups in total. The van der Waals surface area contributed by atoms with E-state index in [0.717, 1.165) is 0 Å². The Morgan fingerprint density at radius 1 is 0.250 bits per heavy atom. The summed E-state index contributed by atoms with van der Waals surface area (Å²) in [5.41, 5.74) is -5.17. The highest BCUT2D eigenvalue weighted by atomic mass is 14.2. The Kier molecular flexibility index (Phi) is 2.36. The molecular weight excluding hydrogens is 577 g/mol. The van der Waals surface area contributed by atoms with Crippen LogP contribution in [0.2, 0.25) is 0 Å². The largest absolute Gasteiger partial charge is 0.0636 e. The molecule has 10 aromatic carbocycles. The average Bonchev–Trinajstić information content (AvgIpc) is 3.59. The Morgan fingerprint density at radius 2 is 0.708 bits per heavy atom. The molecule has 0 saturated heterocycles. The molecule has 0 saturated carbocycles. The predicted octanol–water partition coefficient (Wildman–Crippen LogP) is 13.6. The van der Waals surface area contributed by atoms with Crippen LogP contribution in [0.15, 0.2) is 181 Å². The highest BCUT2D eigenvalue weighted by Gasteiger charge is 2.21. The molecule has 0 aliphatic carbocycles. The van der Waals surface area contributed by atoms with Crippen molar-refractivity contribution in [2.24, 2.45) is 0 Å². The highest BCUT2D eigenvalue weighted by Crippen LogP contribution is 2.48. The smallest absolute Gasteiger partial charge is 0.0616 e. The van der Waals surface area contributed by atoms with Crippen molar-refractivity contribution in [2.75, 3.05) is 0 Å². The van der Waals surface area contributed by atoms with E-state index in [0.29, 0.717) is 0 Å². The van der Waals surface area contributed by atoms with Crippen LogP contribution in [0.5, 0.6) is 0 Å². The van der Waals surface area contributed by atoms with Gasteiger partial charge in [-0.25, -0.2) is 0 Å². The summed E-state index contributed by atoms with van der Waals surface area (Å²) in [6, 6.07) is -30.0. The van der Waals surface area contributed by atoms with Gasteiger partial charge in [-0.05, 0) is 110 Å². The topological polar surface area (TPSA) is 0 Å². The fourth-order valence-electron chi connectivity index (χ4n) is 6.00. The van der Waals surface area contributed by atoms with Gasteiger partial charge in [-0.1, -0.05) is 169 Å². The van der Waals surface area contributed by atoms with Gasteiger partial charge in [0.25, 0.3) is 0 Å². The maximum absolute atomic E-state index is 10.4. The summed E-state index contributed by atoms with van der Waals surface area (Å²) in [4.78, 5) is 0. The molecule has 0 aromatic heterocycles. The van der Waals surface area contributed by atoms with E-state index in [4.69, 9.17) is 26.0 Å². The van der Waals surface area contributed by atoms with E-state index in [2.05, 4.69) is 0 Å². The van der Waals surface area contributed by atoms with Gasteiger partial charge in [-0.2, -0.15) is 0 Å². The molecule has 0 heteroatoms. The SMILES string of the molecule is [2H]c1c([2H])c([2H])c2c(-c3c([2H])c([2H])c4c(-c5c([2H])c6c([2H])c([2H])c([2H])c([2H])c6c6c([2H])c([2H])c([2H])c([2H])c56)c5c([2H])c([2H])c([2H])c([2H])c5c(-c5c([2H])c([2H])c([2H])c6c([2H])c([2H])c([2H])c([2H])c56)c4c3[2H])c([2H])c([2H])c([2H])c2c1[2H]. The van der Waals surface area contributed by atoms with Crippen LogP contribution in [0, 0.1) is 0 Å². The third kappa shape index (κ3) is 4.03. The van der Waals surface area contributed by atoms with Gasteiger partial charge in [0.15, 0.2) is 0 Å². The van der Waals surface area contributed by atoms with Gasteiger partial charge in [0, 0.05) is 0 Å². The van der Waals surface area contributed by atoms with Crippen LogP contribution in [0.4, 0.5) is 0 Å². The second-order valence-electron chi connectivity index (χ2n) is 10.5. The summed E-state index contributed by atoms with van der Waals surface area (Å²) in [5, 5.41) is -9.13. The molecule has 0 radical (unpaired) electrons. The van der Waals surface area contributed by atoms with Crippen molar-refractivity contribution in [3.63, 3.8) is 0 Å². The van der Waals surface area contributed by atoms with E-state index in [1.165, 1.54) is 0 Å². The molecule has 0 unspecified atom stereocenters. The summed E-state index contributed by atoms with van der Waals surface area (Å²) in [5.74, 6) is 0. The number of hydrogen-bond donors (Lipinski definition) is 0. The van der Waals surface area contributed by atoms with Crippen LogP contribution in [-0.4, -0.2) is 0 Å². The molecule has 0 atom stereocenters. The zero-order chi connectivity index (χ0) is 57.7. The first kappa shape index (κ1) is 10.6. The van der Waals surface area contributed by atoms with Gasteiger partial charge in [0.05, 0.1) is 41.1 Å². The van der Waals surface area contributed by atoms with Crippen LogP contribution >= 0.6 is 0 Å². The van der Waals surface area contributed by atoms with Gasteiger partial charge in [0.1, 0.15) is 0 Å². The lowest BCUT2D eigenvalue weighted by Crippen LogP contribution is -1.94. The van der Waals surface area contributed by atoms with E-state index >= 15 is 0 Å². The third-order valence-corrected chi connectivity index (χ3v) is 8.00. The zero-order valence-electron chi connectivity index (χ0n) is 54.0. The Hall–Kier alpha value is -6.24. The quantitative estimate of drug-likeness (QED) is 0.134. The van der Waals surface area contributed by atoms with Gasteiger partial charge in [-0.15, -0.1) is 0 Å². The summed E-state index contributed by atoms with van der Waals surface area (Å²) < 4.78 is 274. The third-order valence-electron chi connectivity index (χ3n) is 8.00. The first-order chi connectivity index (χ1) is 36.3. The minimum absolute atomic E-state index is 0.610. The van der Waals surface area contributed by atoms with Gasteiger partial charge >= 0.3 is 0 Å². The molecule has 0 amide bonds. The lowest BCUT2D eigenvalue weighted by Gasteiger charge is -2.21. The first-order valence-electron chi connectivity index (χ1n) is 29.2. The lowest BCUT2D eigenvalue weighted by atomic mass is 9.82. The molecule has 0 aliphatic rings. The fraction of sp³-hybridized carbons (Fsp3) is 0. The highest BCUT2D eigenvalue weighted by molar-refractivity contribution is 6.27.